The van der Waals surface area contributed by atoms with E-state index < -0.39 is 5.60 Å². The van der Waals surface area contributed by atoms with Gasteiger partial charge in [-0.1, -0.05) is 12.1 Å². The Bertz CT molecular complexity index is 1060. The summed E-state index contributed by atoms with van der Waals surface area (Å²) in [4.78, 5) is 24.9. The lowest BCUT2D eigenvalue weighted by atomic mass is 9.90. The Morgan fingerprint density at radius 1 is 1.12 bits per heavy atom. The van der Waals surface area contributed by atoms with E-state index in [1.54, 1.807) is 6.20 Å². The zero-order chi connectivity index (χ0) is 22.7. The normalized spacial score (nSPS) is 19.1. The van der Waals surface area contributed by atoms with E-state index in [4.69, 9.17) is 9.72 Å². The zero-order valence-electron chi connectivity index (χ0n) is 19.1. The van der Waals surface area contributed by atoms with Gasteiger partial charge in [-0.2, -0.15) is 4.37 Å². The molecule has 1 saturated heterocycles. The molecule has 1 amide bonds. The molecule has 1 fully saturated rings. The minimum Gasteiger partial charge on any atom is -0.444 e. The van der Waals surface area contributed by atoms with Crippen LogP contribution in [0.2, 0.25) is 0 Å². The number of ether oxygens (including phenoxy) is 1. The highest BCUT2D eigenvalue weighted by atomic mass is 32.1. The van der Waals surface area contributed by atoms with Crippen LogP contribution in [-0.2, 0) is 11.2 Å². The average Bonchev–Trinajstić information content (AvgIpc) is 3.25. The van der Waals surface area contributed by atoms with Crippen molar-refractivity contribution in [2.75, 3.05) is 0 Å². The Morgan fingerprint density at radius 3 is 2.66 bits per heavy atom. The molecule has 0 saturated carbocycles. The van der Waals surface area contributed by atoms with Gasteiger partial charge < -0.3 is 4.74 Å². The molecule has 32 heavy (non-hydrogen) atoms. The molecular formula is C25H30N4O2S. The van der Waals surface area contributed by atoms with Crippen LogP contribution >= 0.6 is 11.5 Å². The van der Waals surface area contributed by atoms with Gasteiger partial charge in [0, 0.05) is 23.7 Å². The van der Waals surface area contributed by atoms with Gasteiger partial charge in [-0.3, -0.25) is 14.9 Å². The Balaban J connectivity index is 1.70. The summed E-state index contributed by atoms with van der Waals surface area (Å²) in [5.41, 5.74) is 4.28. The monoisotopic (exact) mass is 450 g/mol. The van der Waals surface area contributed by atoms with E-state index in [1.807, 2.05) is 74.4 Å². The van der Waals surface area contributed by atoms with Crippen molar-refractivity contribution in [2.45, 2.75) is 71.1 Å². The first kappa shape index (κ1) is 22.4. The summed E-state index contributed by atoms with van der Waals surface area (Å²) < 4.78 is 10.3. The molecule has 0 bridgehead atoms. The number of piperidine rings is 1. The molecule has 0 aromatic carbocycles. The van der Waals surface area contributed by atoms with E-state index in [0.29, 0.717) is 6.42 Å². The molecule has 0 unspecified atom stereocenters. The summed E-state index contributed by atoms with van der Waals surface area (Å²) >= 11 is 1.45. The molecule has 0 aliphatic carbocycles. The number of likely N-dealkylation sites (tertiary alicyclic amines) is 1. The van der Waals surface area contributed by atoms with Gasteiger partial charge in [-0.15, -0.1) is 0 Å². The maximum absolute atomic E-state index is 13.5. The molecule has 3 aromatic heterocycles. The zero-order valence-corrected chi connectivity index (χ0v) is 19.9. The second-order valence-corrected chi connectivity index (χ2v) is 9.94. The molecule has 0 N–H and O–H groups in total. The molecule has 2 atom stereocenters. The van der Waals surface area contributed by atoms with Crippen LogP contribution in [0.3, 0.4) is 0 Å². The van der Waals surface area contributed by atoms with Crippen LogP contribution in [-0.4, -0.2) is 30.9 Å². The molecule has 1 aliphatic heterocycles. The van der Waals surface area contributed by atoms with Crippen molar-refractivity contribution in [1.29, 1.82) is 0 Å². The number of nitrogens with zero attached hydrogens (tertiary/aromatic N) is 4. The van der Waals surface area contributed by atoms with Crippen LogP contribution in [0.25, 0.3) is 0 Å². The highest BCUT2D eigenvalue weighted by Crippen LogP contribution is 2.42. The van der Waals surface area contributed by atoms with Gasteiger partial charge in [-0.25, -0.2) is 4.79 Å². The van der Waals surface area contributed by atoms with Crippen LogP contribution in [0.5, 0.6) is 0 Å². The van der Waals surface area contributed by atoms with Gasteiger partial charge in [0.25, 0.3) is 0 Å². The van der Waals surface area contributed by atoms with Crippen LogP contribution < -0.4 is 0 Å². The number of hydrogen-bond acceptors (Lipinski definition) is 6. The topological polar surface area (TPSA) is 68.2 Å². The predicted molar refractivity (Wildman–Crippen MR) is 126 cm³/mol. The Kier molecular flexibility index (Phi) is 6.55. The molecule has 6 nitrogen and oxygen atoms in total. The number of amides is 1. The SMILES string of the molecule is Cc1cccnc1[C@@H]1CCC[C@H](c2cccc(Cc3ccsn3)n2)N1C(=O)OC(C)(C)C. The van der Waals surface area contributed by atoms with E-state index in [0.717, 1.165) is 47.6 Å². The van der Waals surface area contributed by atoms with Crippen LogP contribution in [0, 0.1) is 6.92 Å². The Morgan fingerprint density at radius 2 is 1.94 bits per heavy atom. The quantitative estimate of drug-likeness (QED) is 0.485. The van der Waals surface area contributed by atoms with Gasteiger partial charge >= 0.3 is 6.09 Å². The lowest BCUT2D eigenvalue weighted by Gasteiger charge is -2.42. The minimum absolute atomic E-state index is 0.145. The fourth-order valence-corrected chi connectivity index (χ4v) is 4.81. The molecule has 4 rings (SSSR count). The first-order valence-electron chi connectivity index (χ1n) is 11.1. The second kappa shape index (κ2) is 9.36. The summed E-state index contributed by atoms with van der Waals surface area (Å²) in [5, 5.41) is 1.98. The Hall–Kier alpha value is -2.80. The fraction of sp³-hybridized carbons (Fsp3) is 0.440. The van der Waals surface area contributed by atoms with Crippen molar-refractivity contribution in [2.24, 2.45) is 0 Å². The van der Waals surface area contributed by atoms with E-state index in [2.05, 4.69) is 9.36 Å². The van der Waals surface area contributed by atoms with Crippen molar-refractivity contribution >= 4 is 17.6 Å². The molecular weight excluding hydrogens is 420 g/mol. The Labute approximate surface area is 193 Å². The van der Waals surface area contributed by atoms with Gasteiger partial charge in [-0.05, 0) is 88.3 Å². The first-order valence-corrected chi connectivity index (χ1v) is 11.9. The summed E-state index contributed by atoms with van der Waals surface area (Å²) in [5.74, 6) is 0. The first-order chi connectivity index (χ1) is 15.3. The molecule has 1 aliphatic rings. The highest BCUT2D eigenvalue weighted by molar-refractivity contribution is 7.03. The van der Waals surface area contributed by atoms with Gasteiger partial charge in [0.1, 0.15) is 5.60 Å². The fourth-order valence-electron chi connectivity index (χ4n) is 4.27. The molecule has 0 spiro atoms. The van der Waals surface area contributed by atoms with Gasteiger partial charge in [0.15, 0.2) is 0 Å². The average molecular weight is 451 g/mol. The summed E-state index contributed by atoms with van der Waals surface area (Å²) in [6, 6.07) is 11.7. The van der Waals surface area contributed by atoms with Gasteiger partial charge in [0.2, 0.25) is 0 Å². The number of carbonyl (C=O) groups is 1. The van der Waals surface area contributed by atoms with Crippen molar-refractivity contribution in [3.05, 3.63) is 76.3 Å². The number of aryl methyl sites for hydroxylation is 1. The third kappa shape index (κ3) is 5.15. The van der Waals surface area contributed by atoms with Crippen LogP contribution in [0.15, 0.2) is 48.0 Å². The van der Waals surface area contributed by atoms with E-state index in [1.165, 1.54) is 11.5 Å². The number of hydrogen-bond donors (Lipinski definition) is 0. The van der Waals surface area contributed by atoms with Crippen molar-refractivity contribution in [3.8, 4) is 0 Å². The van der Waals surface area contributed by atoms with Crippen molar-refractivity contribution in [3.63, 3.8) is 0 Å². The minimum atomic E-state index is -0.581. The smallest absolute Gasteiger partial charge is 0.411 e. The lowest BCUT2D eigenvalue weighted by molar-refractivity contribution is -0.00805. The standard InChI is InChI=1S/C25H30N4O2S/c1-17-8-7-14-26-23(17)22-12-6-11-21(29(22)24(30)31-25(2,3)4)20-10-5-9-18(27-20)16-19-13-15-32-28-19/h5,7-10,13-15,21-22H,6,11-12,16H2,1-4H3/t21-,22+/m1/s1. The highest BCUT2D eigenvalue weighted by Gasteiger charge is 2.40. The van der Waals surface area contributed by atoms with Crippen LogP contribution in [0.4, 0.5) is 4.79 Å². The largest absolute Gasteiger partial charge is 0.444 e. The maximum Gasteiger partial charge on any atom is 0.411 e. The van der Waals surface area contributed by atoms with Crippen molar-refractivity contribution < 1.29 is 9.53 Å². The lowest BCUT2D eigenvalue weighted by Crippen LogP contribution is -2.44. The molecule has 0 radical (unpaired) electrons. The maximum atomic E-state index is 13.5. The number of pyridine rings is 2. The number of aromatic nitrogens is 3. The van der Waals surface area contributed by atoms with Crippen LogP contribution in [0.1, 0.15) is 80.5 Å². The summed E-state index contributed by atoms with van der Waals surface area (Å²) in [7, 11) is 0. The van der Waals surface area contributed by atoms with Crippen molar-refractivity contribution in [1.82, 2.24) is 19.2 Å². The second-order valence-electron chi connectivity index (χ2n) is 9.28. The molecule has 168 valence electrons. The third-order valence-electron chi connectivity index (χ3n) is 5.62. The number of carbonyl (C=O) groups excluding carboxylic acids is 1. The summed E-state index contributed by atoms with van der Waals surface area (Å²) in [6.07, 6.45) is 4.85. The van der Waals surface area contributed by atoms with E-state index in [9.17, 15) is 4.79 Å². The number of rotatable bonds is 4. The summed E-state index contributed by atoms with van der Waals surface area (Å²) in [6.45, 7) is 7.75. The molecule has 3 aromatic rings. The van der Waals surface area contributed by atoms with E-state index >= 15 is 0 Å². The van der Waals surface area contributed by atoms with E-state index in [-0.39, 0.29) is 18.2 Å². The third-order valence-corrected chi connectivity index (χ3v) is 6.22. The molecule has 7 heteroatoms. The predicted octanol–water partition coefficient (Wildman–Crippen LogP) is 6.04. The molecule has 4 heterocycles. The van der Waals surface area contributed by atoms with Gasteiger partial charge in [0.05, 0.1) is 29.2 Å².